The molecule has 0 fully saturated rings. The Morgan fingerprint density at radius 3 is 2.57 bits per heavy atom. The van der Waals surface area contributed by atoms with E-state index in [9.17, 15) is 4.79 Å². The quantitative estimate of drug-likeness (QED) is 0.638. The Labute approximate surface area is 125 Å². The Hall–Kier alpha value is -2.36. The first-order chi connectivity index (χ1) is 10.0. The minimum absolute atomic E-state index is 0.292. The number of aryl methyl sites for hydroxylation is 1. The highest BCUT2D eigenvalue weighted by molar-refractivity contribution is 5.93. The summed E-state index contributed by atoms with van der Waals surface area (Å²) in [6.07, 6.45) is 3.57. The van der Waals surface area contributed by atoms with Gasteiger partial charge in [0.1, 0.15) is 0 Å². The van der Waals surface area contributed by atoms with Gasteiger partial charge in [-0.05, 0) is 45.9 Å². The van der Waals surface area contributed by atoms with Crippen LogP contribution in [0.2, 0.25) is 0 Å². The van der Waals surface area contributed by atoms with Gasteiger partial charge in [-0.25, -0.2) is 9.48 Å². The molecule has 1 aromatic heterocycles. The topological polar surface area (TPSA) is 44.1 Å². The molecule has 0 saturated carbocycles. The Morgan fingerprint density at radius 1 is 1.29 bits per heavy atom. The maximum atomic E-state index is 11.7. The molecule has 4 nitrogen and oxygen atoms in total. The third kappa shape index (κ3) is 3.40. The van der Waals surface area contributed by atoms with E-state index in [0.717, 1.165) is 16.9 Å². The summed E-state index contributed by atoms with van der Waals surface area (Å²) >= 11 is 0. The van der Waals surface area contributed by atoms with Crippen LogP contribution in [0.3, 0.4) is 0 Å². The molecular weight excluding hydrogens is 264 g/mol. The average molecular weight is 284 g/mol. The summed E-state index contributed by atoms with van der Waals surface area (Å²) in [4.78, 5) is 11.7. The lowest BCUT2D eigenvalue weighted by Crippen LogP contribution is -2.05. The molecule has 4 heteroatoms. The van der Waals surface area contributed by atoms with Crippen LogP contribution in [0.5, 0.6) is 0 Å². The molecule has 0 aliphatic carbocycles. The summed E-state index contributed by atoms with van der Waals surface area (Å²) in [7, 11) is 0. The number of carbonyl (C=O) groups excluding carboxylic acids is 1. The van der Waals surface area contributed by atoms with Crippen molar-refractivity contribution in [3.05, 3.63) is 52.9 Å². The van der Waals surface area contributed by atoms with E-state index in [2.05, 4.69) is 24.2 Å². The fourth-order valence-electron chi connectivity index (χ4n) is 2.05. The smallest absolute Gasteiger partial charge is 0.333 e. The minimum atomic E-state index is -0.292. The lowest BCUT2D eigenvalue weighted by molar-refractivity contribution is -0.138. The van der Waals surface area contributed by atoms with Crippen molar-refractivity contribution >= 4 is 12.0 Å². The molecule has 0 N–H and O–H groups in total. The number of hydrogen-bond acceptors (Lipinski definition) is 3. The van der Waals surface area contributed by atoms with Gasteiger partial charge in [0, 0.05) is 16.8 Å². The van der Waals surface area contributed by atoms with Crippen LogP contribution in [0.4, 0.5) is 0 Å². The van der Waals surface area contributed by atoms with Crippen molar-refractivity contribution < 1.29 is 9.53 Å². The number of hydrogen-bond donors (Lipinski definition) is 0. The molecule has 0 unspecified atom stereocenters. The summed E-state index contributed by atoms with van der Waals surface area (Å²) in [5.74, 6) is -0.292. The van der Waals surface area contributed by atoms with Crippen molar-refractivity contribution in [3.63, 3.8) is 0 Å². The molecule has 110 valence electrons. The van der Waals surface area contributed by atoms with E-state index < -0.39 is 0 Å². The SMILES string of the molecule is CCOC(=O)/C(C)=C/c1cnn(-c2ccc(C)cc2)c1C. The lowest BCUT2D eigenvalue weighted by Gasteiger charge is -2.05. The van der Waals surface area contributed by atoms with Crippen LogP contribution in [0, 0.1) is 13.8 Å². The number of carbonyl (C=O) groups is 1. The number of nitrogens with zero attached hydrogens (tertiary/aromatic N) is 2. The predicted molar refractivity (Wildman–Crippen MR) is 83.3 cm³/mol. The van der Waals surface area contributed by atoms with Crippen LogP contribution in [0.15, 0.2) is 36.0 Å². The molecule has 0 aliphatic rings. The monoisotopic (exact) mass is 284 g/mol. The molecule has 1 heterocycles. The number of rotatable bonds is 4. The van der Waals surface area contributed by atoms with E-state index in [-0.39, 0.29) is 5.97 Å². The number of ether oxygens (including phenoxy) is 1. The second-order valence-electron chi connectivity index (χ2n) is 4.98. The zero-order valence-corrected chi connectivity index (χ0v) is 12.9. The van der Waals surface area contributed by atoms with Crippen molar-refractivity contribution in [1.29, 1.82) is 0 Å². The Balaban J connectivity index is 2.31. The maximum absolute atomic E-state index is 11.7. The van der Waals surface area contributed by atoms with Crippen LogP contribution in [0.25, 0.3) is 11.8 Å². The highest BCUT2D eigenvalue weighted by Gasteiger charge is 2.09. The first-order valence-corrected chi connectivity index (χ1v) is 7.00. The van der Waals surface area contributed by atoms with E-state index >= 15 is 0 Å². The average Bonchev–Trinajstić information content (AvgIpc) is 2.81. The van der Waals surface area contributed by atoms with Gasteiger partial charge < -0.3 is 4.74 Å². The third-order valence-corrected chi connectivity index (χ3v) is 3.30. The van der Waals surface area contributed by atoms with E-state index in [4.69, 9.17) is 4.74 Å². The van der Waals surface area contributed by atoms with Crippen molar-refractivity contribution in [2.45, 2.75) is 27.7 Å². The first kappa shape index (κ1) is 15.0. The molecular formula is C17H20N2O2. The van der Waals surface area contributed by atoms with Crippen LogP contribution in [-0.2, 0) is 9.53 Å². The molecule has 0 saturated heterocycles. The highest BCUT2D eigenvalue weighted by Crippen LogP contribution is 2.17. The van der Waals surface area contributed by atoms with Crippen LogP contribution < -0.4 is 0 Å². The molecule has 0 atom stereocenters. The zero-order valence-electron chi connectivity index (χ0n) is 12.9. The van der Waals surface area contributed by atoms with E-state index in [1.807, 2.05) is 29.8 Å². The van der Waals surface area contributed by atoms with E-state index in [1.165, 1.54) is 5.56 Å². The van der Waals surface area contributed by atoms with Gasteiger partial charge in [0.15, 0.2) is 0 Å². The van der Waals surface area contributed by atoms with Gasteiger partial charge >= 0.3 is 5.97 Å². The summed E-state index contributed by atoms with van der Waals surface area (Å²) in [6, 6.07) is 8.16. The van der Waals surface area contributed by atoms with Gasteiger partial charge in [0.25, 0.3) is 0 Å². The zero-order chi connectivity index (χ0) is 15.4. The Bertz CT molecular complexity index is 667. The fourth-order valence-corrected chi connectivity index (χ4v) is 2.05. The van der Waals surface area contributed by atoms with E-state index in [1.54, 1.807) is 20.0 Å². The van der Waals surface area contributed by atoms with Crippen molar-refractivity contribution in [1.82, 2.24) is 9.78 Å². The van der Waals surface area contributed by atoms with Gasteiger partial charge in [0.05, 0.1) is 18.5 Å². The van der Waals surface area contributed by atoms with Crippen molar-refractivity contribution in [3.8, 4) is 5.69 Å². The fraction of sp³-hybridized carbons (Fsp3) is 0.294. The largest absolute Gasteiger partial charge is 0.463 e. The molecule has 0 aliphatic heterocycles. The predicted octanol–water partition coefficient (Wildman–Crippen LogP) is 3.46. The summed E-state index contributed by atoms with van der Waals surface area (Å²) < 4.78 is 6.85. The van der Waals surface area contributed by atoms with Crippen LogP contribution >= 0.6 is 0 Å². The first-order valence-electron chi connectivity index (χ1n) is 7.00. The molecule has 1 aromatic carbocycles. The third-order valence-electron chi connectivity index (χ3n) is 3.30. The van der Waals surface area contributed by atoms with Crippen molar-refractivity contribution in [2.75, 3.05) is 6.61 Å². The summed E-state index contributed by atoms with van der Waals surface area (Å²) in [5, 5.41) is 4.39. The normalized spacial score (nSPS) is 11.5. The molecule has 0 spiro atoms. The van der Waals surface area contributed by atoms with Crippen LogP contribution in [-0.4, -0.2) is 22.4 Å². The molecule has 2 rings (SSSR count). The summed E-state index contributed by atoms with van der Waals surface area (Å²) in [5.41, 5.74) is 4.69. The molecule has 0 bridgehead atoms. The second kappa shape index (κ2) is 6.39. The molecule has 2 aromatic rings. The van der Waals surface area contributed by atoms with Gasteiger partial charge in [-0.2, -0.15) is 5.10 Å². The molecule has 21 heavy (non-hydrogen) atoms. The number of esters is 1. The van der Waals surface area contributed by atoms with Crippen molar-refractivity contribution in [2.24, 2.45) is 0 Å². The highest BCUT2D eigenvalue weighted by atomic mass is 16.5. The van der Waals surface area contributed by atoms with Gasteiger partial charge in [0.2, 0.25) is 0 Å². The maximum Gasteiger partial charge on any atom is 0.333 e. The standard InChI is InChI=1S/C17H20N2O2/c1-5-21-17(20)13(3)10-15-11-18-19(14(15)4)16-8-6-12(2)7-9-16/h6-11H,5H2,1-4H3/b13-10+. The van der Waals surface area contributed by atoms with Gasteiger partial charge in [-0.3, -0.25) is 0 Å². The second-order valence-corrected chi connectivity index (χ2v) is 4.98. The minimum Gasteiger partial charge on any atom is -0.463 e. The molecule has 0 amide bonds. The number of aromatic nitrogens is 2. The Kier molecular flexibility index (Phi) is 4.58. The Morgan fingerprint density at radius 2 is 1.95 bits per heavy atom. The van der Waals surface area contributed by atoms with E-state index in [0.29, 0.717) is 12.2 Å². The molecule has 0 radical (unpaired) electrons. The lowest BCUT2D eigenvalue weighted by atomic mass is 10.1. The van der Waals surface area contributed by atoms with Gasteiger partial charge in [-0.15, -0.1) is 0 Å². The van der Waals surface area contributed by atoms with Crippen LogP contribution in [0.1, 0.15) is 30.7 Å². The number of benzene rings is 1. The summed E-state index contributed by atoms with van der Waals surface area (Å²) in [6.45, 7) is 7.96. The van der Waals surface area contributed by atoms with Gasteiger partial charge in [-0.1, -0.05) is 17.7 Å².